The highest BCUT2D eigenvalue weighted by Crippen LogP contribution is 2.47. The molecule has 1 aliphatic rings. The maximum Gasteiger partial charge on any atom is 0.328 e. The minimum absolute atomic E-state index is 0.159. The monoisotopic (exact) mass is 528 g/mol. The van der Waals surface area contributed by atoms with Crippen molar-refractivity contribution in [2.45, 2.75) is 43.7 Å². The van der Waals surface area contributed by atoms with Gasteiger partial charge in [-0.3, -0.25) is 4.57 Å². The zero-order valence-corrected chi connectivity index (χ0v) is 21.4. The third kappa shape index (κ3) is 7.80. The van der Waals surface area contributed by atoms with Crippen LogP contribution in [0.1, 0.15) is 16.7 Å². The van der Waals surface area contributed by atoms with Crippen molar-refractivity contribution in [2.24, 2.45) is 0 Å². The van der Waals surface area contributed by atoms with E-state index in [4.69, 9.17) is 18.9 Å². The van der Waals surface area contributed by atoms with Gasteiger partial charge in [0.15, 0.2) is 0 Å². The van der Waals surface area contributed by atoms with Crippen molar-refractivity contribution in [1.29, 1.82) is 0 Å². The molecule has 3 aromatic carbocycles. The van der Waals surface area contributed by atoms with Crippen LogP contribution in [0.2, 0.25) is 0 Å². The summed E-state index contributed by atoms with van der Waals surface area (Å²) in [4.78, 5) is 20.1. The Kier molecular flexibility index (Phi) is 9.65. The molecule has 9 heteroatoms. The number of rotatable bonds is 13. The average molecular weight is 529 g/mol. The summed E-state index contributed by atoms with van der Waals surface area (Å²) < 4.78 is 37.0. The van der Waals surface area contributed by atoms with Crippen LogP contribution in [0, 0.1) is 0 Å². The summed E-state index contributed by atoms with van der Waals surface area (Å²) in [5.41, 5.74) is 1.15. The van der Waals surface area contributed by atoms with Gasteiger partial charge >= 0.3 is 7.60 Å². The fourth-order valence-corrected chi connectivity index (χ4v) is 5.64. The van der Waals surface area contributed by atoms with Crippen LogP contribution in [0.25, 0.3) is 0 Å². The van der Waals surface area contributed by atoms with Crippen LogP contribution in [-0.4, -0.2) is 58.2 Å². The molecule has 198 valence electrons. The highest BCUT2D eigenvalue weighted by Gasteiger charge is 2.59. The molecule has 0 radical (unpaired) electrons. The fourth-order valence-electron chi connectivity index (χ4n) is 4.59. The summed E-state index contributed by atoms with van der Waals surface area (Å²) >= 11 is 0. The van der Waals surface area contributed by atoms with Gasteiger partial charge in [0.25, 0.3) is 0 Å². The Hall–Kier alpha value is -2.39. The molecule has 0 aromatic heterocycles. The maximum absolute atomic E-state index is 12.3. The van der Waals surface area contributed by atoms with Crippen LogP contribution in [0.15, 0.2) is 91.0 Å². The van der Waals surface area contributed by atoms with Crippen molar-refractivity contribution in [3.63, 3.8) is 0 Å². The van der Waals surface area contributed by atoms with Gasteiger partial charge in [0, 0.05) is 0 Å². The first-order valence-electron chi connectivity index (χ1n) is 12.1. The molecule has 0 unspecified atom stereocenters. The van der Waals surface area contributed by atoms with Gasteiger partial charge in [0.1, 0.15) is 23.9 Å². The van der Waals surface area contributed by atoms with Crippen LogP contribution >= 0.6 is 7.60 Å². The zero-order chi connectivity index (χ0) is 26.1. The second-order valence-electron chi connectivity index (χ2n) is 9.18. The molecule has 1 saturated heterocycles. The minimum Gasteiger partial charge on any atom is -0.394 e. The molecule has 3 N–H and O–H groups in total. The quantitative estimate of drug-likeness (QED) is 0.288. The van der Waals surface area contributed by atoms with Crippen LogP contribution in [0.5, 0.6) is 0 Å². The van der Waals surface area contributed by atoms with E-state index in [1.54, 1.807) is 0 Å². The molecular formula is C28H33O8P. The lowest BCUT2D eigenvalue weighted by molar-refractivity contribution is -0.141. The van der Waals surface area contributed by atoms with E-state index >= 15 is 0 Å². The second-order valence-corrected chi connectivity index (χ2v) is 10.8. The van der Waals surface area contributed by atoms with Crippen molar-refractivity contribution in [3.05, 3.63) is 108 Å². The fraction of sp³-hybridized carbons (Fsp3) is 0.357. The molecule has 1 fully saturated rings. The van der Waals surface area contributed by atoms with Crippen LogP contribution in [0.3, 0.4) is 0 Å². The highest BCUT2D eigenvalue weighted by atomic mass is 31.2. The van der Waals surface area contributed by atoms with E-state index in [0.717, 1.165) is 16.7 Å². The number of hydrogen-bond acceptors (Lipinski definition) is 6. The first-order chi connectivity index (χ1) is 17.9. The Balaban J connectivity index is 1.61. The molecule has 8 nitrogen and oxygen atoms in total. The summed E-state index contributed by atoms with van der Waals surface area (Å²) in [7, 11) is -4.59. The smallest absolute Gasteiger partial charge is 0.328 e. The van der Waals surface area contributed by atoms with Gasteiger partial charge in [-0.1, -0.05) is 91.0 Å². The summed E-state index contributed by atoms with van der Waals surface area (Å²) in [6.45, 7) is 0.0332. The third-order valence-corrected chi connectivity index (χ3v) is 7.19. The number of ether oxygens (including phenoxy) is 4. The summed E-state index contributed by atoms with van der Waals surface area (Å²) in [6.07, 6.45) is -3.22. The van der Waals surface area contributed by atoms with Gasteiger partial charge < -0.3 is 33.8 Å². The van der Waals surface area contributed by atoms with Crippen molar-refractivity contribution >= 4 is 7.60 Å². The van der Waals surface area contributed by atoms with E-state index in [1.807, 2.05) is 91.0 Å². The molecule has 1 aliphatic heterocycles. The normalized spacial score (nSPS) is 23.8. The Morgan fingerprint density at radius 3 is 1.73 bits per heavy atom. The van der Waals surface area contributed by atoms with Crippen LogP contribution in [0.4, 0.5) is 0 Å². The Labute approximate surface area is 216 Å². The van der Waals surface area contributed by atoms with Crippen LogP contribution in [-0.2, 0) is 43.3 Å². The van der Waals surface area contributed by atoms with Gasteiger partial charge in [-0.25, -0.2) is 0 Å². The molecule has 4 atom stereocenters. The largest absolute Gasteiger partial charge is 0.394 e. The number of benzene rings is 3. The predicted molar refractivity (Wildman–Crippen MR) is 138 cm³/mol. The Morgan fingerprint density at radius 1 is 0.757 bits per heavy atom. The van der Waals surface area contributed by atoms with Crippen molar-refractivity contribution in [1.82, 2.24) is 0 Å². The minimum atomic E-state index is -4.59. The van der Waals surface area contributed by atoms with E-state index in [0.29, 0.717) is 0 Å². The van der Waals surface area contributed by atoms with Gasteiger partial charge in [0.2, 0.25) is 0 Å². The molecule has 0 amide bonds. The lowest BCUT2D eigenvalue weighted by Crippen LogP contribution is -2.51. The standard InChI is InChI=1S/C28H33O8P/c29-16-25-26(34-18-23-12-6-2-7-13-23)27(35-19-24-14-8-3-9-15-24)28(36-25,21-37(30,31)32)20-33-17-22-10-4-1-5-11-22/h1-15,25-27,29H,16-21H2,(H2,30,31,32)/t25-,26-,27+,28+/m1/s1. The van der Waals surface area contributed by atoms with E-state index in [9.17, 15) is 19.5 Å². The number of aliphatic hydroxyl groups is 1. The van der Waals surface area contributed by atoms with E-state index in [1.165, 1.54) is 0 Å². The lowest BCUT2D eigenvalue weighted by Gasteiger charge is -2.35. The first-order valence-corrected chi connectivity index (χ1v) is 13.9. The number of hydrogen-bond donors (Lipinski definition) is 3. The Morgan fingerprint density at radius 2 is 1.24 bits per heavy atom. The lowest BCUT2D eigenvalue weighted by atomic mass is 9.96. The topological polar surface area (TPSA) is 115 Å². The molecule has 4 rings (SSSR count). The molecule has 3 aromatic rings. The maximum atomic E-state index is 12.3. The van der Waals surface area contributed by atoms with E-state index < -0.39 is 44.3 Å². The SMILES string of the molecule is O=P(O)(O)C[C@]1(COCc2ccccc2)O[C@H](CO)[C@@H](OCc2ccccc2)[C@@H]1OCc1ccccc1. The van der Waals surface area contributed by atoms with E-state index in [2.05, 4.69) is 0 Å². The molecule has 0 bridgehead atoms. The molecule has 0 aliphatic carbocycles. The summed E-state index contributed by atoms with van der Waals surface area (Å²) in [5, 5.41) is 10.2. The van der Waals surface area contributed by atoms with Crippen LogP contribution < -0.4 is 0 Å². The van der Waals surface area contributed by atoms with Gasteiger partial charge in [0.05, 0.1) is 39.2 Å². The number of aliphatic hydroxyl groups excluding tert-OH is 1. The third-order valence-electron chi connectivity index (χ3n) is 6.24. The molecule has 0 spiro atoms. The first kappa shape index (κ1) is 27.6. The van der Waals surface area contributed by atoms with Gasteiger partial charge in [-0.2, -0.15) is 0 Å². The molecular weight excluding hydrogens is 495 g/mol. The van der Waals surface area contributed by atoms with Gasteiger partial charge in [-0.15, -0.1) is 0 Å². The predicted octanol–water partition coefficient (Wildman–Crippen LogP) is 3.68. The Bertz CT molecular complexity index is 1120. The highest BCUT2D eigenvalue weighted by molar-refractivity contribution is 7.51. The van der Waals surface area contributed by atoms with E-state index in [-0.39, 0.29) is 26.4 Å². The average Bonchev–Trinajstić information content (AvgIpc) is 3.18. The molecule has 37 heavy (non-hydrogen) atoms. The molecule has 1 heterocycles. The molecule has 0 saturated carbocycles. The zero-order valence-electron chi connectivity index (χ0n) is 20.5. The van der Waals surface area contributed by atoms with Gasteiger partial charge in [-0.05, 0) is 16.7 Å². The van der Waals surface area contributed by atoms with Crippen molar-refractivity contribution in [2.75, 3.05) is 19.4 Å². The van der Waals surface area contributed by atoms with Crippen molar-refractivity contribution < 1.29 is 38.4 Å². The summed E-state index contributed by atoms with van der Waals surface area (Å²) in [5.74, 6) is 0. The van der Waals surface area contributed by atoms with Crippen molar-refractivity contribution in [3.8, 4) is 0 Å². The summed E-state index contributed by atoms with van der Waals surface area (Å²) in [6, 6.07) is 28.4. The second kappa shape index (κ2) is 12.9.